The van der Waals surface area contributed by atoms with Crippen molar-refractivity contribution in [3.8, 4) is 16.9 Å². The van der Waals surface area contributed by atoms with Gasteiger partial charge in [-0.2, -0.15) is 0 Å². The van der Waals surface area contributed by atoms with Crippen LogP contribution >= 0.6 is 11.6 Å². The highest BCUT2D eigenvalue weighted by molar-refractivity contribution is 6.33. The zero-order chi connectivity index (χ0) is 16.4. The Morgan fingerprint density at radius 2 is 1.74 bits per heavy atom. The van der Waals surface area contributed by atoms with Crippen molar-refractivity contribution in [1.29, 1.82) is 0 Å². The summed E-state index contributed by atoms with van der Waals surface area (Å²) >= 11 is 6.35. The van der Waals surface area contributed by atoms with E-state index in [4.69, 9.17) is 11.6 Å². The first-order valence-corrected chi connectivity index (χ1v) is 8.00. The van der Waals surface area contributed by atoms with Gasteiger partial charge in [0.15, 0.2) is 0 Å². The number of benzene rings is 2. The van der Waals surface area contributed by atoms with E-state index in [0.717, 1.165) is 24.2 Å². The molecule has 0 radical (unpaired) electrons. The predicted octanol–water partition coefficient (Wildman–Crippen LogP) is 3.10. The van der Waals surface area contributed by atoms with E-state index in [0.29, 0.717) is 18.1 Å². The van der Waals surface area contributed by atoms with Crippen molar-refractivity contribution in [2.75, 3.05) is 33.2 Å². The molecule has 1 N–H and O–H groups in total. The molecule has 0 aliphatic carbocycles. The third-order valence-electron chi connectivity index (χ3n) is 4.19. The van der Waals surface area contributed by atoms with Crippen molar-refractivity contribution < 1.29 is 9.90 Å². The molecule has 1 saturated heterocycles. The number of carbonyl (C=O) groups is 1. The molecule has 2 aromatic carbocycles. The number of amides is 1. The van der Waals surface area contributed by atoms with E-state index in [2.05, 4.69) is 4.90 Å². The molecule has 0 aromatic heterocycles. The lowest BCUT2D eigenvalue weighted by molar-refractivity contribution is 0.0661. The summed E-state index contributed by atoms with van der Waals surface area (Å²) in [6.45, 7) is 2.99. The predicted molar refractivity (Wildman–Crippen MR) is 92.0 cm³/mol. The lowest BCUT2D eigenvalue weighted by Crippen LogP contribution is -2.47. The van der Waals surface area contributed by atoms with Crippen LogP contribution in [-0.2, 0) is 0 Å². The fourth-order valence-corrected chi connectivity index (χ4v) is 3.02. The van der Waals surface area contributed by atoms with Crippen LogP contribution in [0.1, 0.15) is 10.4 Å². The zero-order valence-electron chi connectivity index (χ0n) is 13.0. The fourth-order valence-electron chi connectivity index (χ4n) is 2.75. The van der Waals surface area contributed by atoms with Gasteiger partial charge in [-0.15, -0.1) is 0 Å². The Balaban J connectivity index is 1.90. The SMILES string of the molecule is CN1CCN(C(=O)c2cc(Cl)c(-c3ccccc3)cc2O)CC1. The quantitative estimate of drug-likeness (QED) is 0.920. The molecule has 5 heteroatoms. The number of phenolic OH excluding ortho intramolecular Hbond substituents is 1. The molecule has 120 valence electrons. The number of likely N-dealkylation sites (N-methyl/N-ethyl adjacent to an activating group) is 1. The van der Waals surface area contributed by atoms with Crippen LogP contribution in [0.2, 0.25) is 5.02 Å². The summed E-state index contributed by atoms with van der Waals surface area (Å²) in [7, 11) is 2.03. The summed E-state index contributed by atoms with van der Waals surface area (Å²) in [5.41, 5.74) is 1.89. The zero-order valence-corrected chi connectivity index (χ0v) is 13.8. The molecule has 0 bridgehead atoms. The van der Waals surface area contributed by atoms with Gasteiger partial charge >= 0.3 is 0 Å². The molecule has 4 nitrogen and oxygen atoms in total. The van der Waals surface area contributed by atoms with Crippen molar-refractivity contribution in [2.45, 2.75) is 0 Å². The van der Waals surface area contributed by atoms with Crippen molar-refractivity contribution in [1.82, 2.24) is 9.80 Å². The highest BCUT2D eigenvalue weighted by atomic mass is 35.5. The second-order valence-electron chi connectivity index (χ2n) is 5.81. The summed E-state index contributed by atoms with van der Waals surface area (Å²) < 4.78 is 0. The van der Waals surface area contributed by atoms with Gasteiger partial charge in [-0.25, -0.2) is 0 Å². The Bertz CT molecular complexity index is 710. The van der Waals surface area contributed by atoms with Crippen LogP contribution in [0.25, 0.3) is 11.1 Å². The number of halogens is 1. The molecule has 1 aliphatic heterocycles. The molecule has 0 atom stereocenters. The summed E-state index contributed by atoms with van der Waals surface area (Å²) in [6, 6.07) is 12.7. The highest BCUT2D eigenvalue weighted by Crippen LogP contribution is 2.34. The number of hydrogen-bond acceptors (Lipinski definition) is 3. The molecule has 0 spiro atoms. The maximum atomic E-state index is 12.6. The van der Waals surface area contributed by atoms with E-state index in [9.17, 15) is 9.90 Å². The Morgan fingerprint density at radius 3 is 2.39 bits per heavy atom. The van der Waals surface area contributed by atoms with Crippen LogP contribution in [0.4, 0.5) is 0 Å². The molecular formula is C18H19ClN2O2. The van der Waals surface area contributed by atoms with Crippen molar-refractivity contribution >= 4 is 17.5 Å². The van der Waals surface area contributed by atoms with E-state index in [1.165, 1.54) is 0 Å². The fraction of sp³-hybridized carbons (Fsp3) is 0.278. The molecular weight excluding hydrogens is 312 g/mol. The molecule has 23 heavy (non-hydrogen) atoms. The first kappa shape index (κ1) is 15.8. The minimum Gasteiger partial charge on any atom is -0.507 e. The molecule has 1 fully saturated rings. The van der Waals surface area contributed by atoms with Crippen LogP contribution < -0.4 is 0 Å². The third kappa shape index (κ3) is 3.33. The van der Waals surface area contributed by atoms with Gasteiger partial charge in [0.25, 0.3) is 5.91 Å². The lowest BCUT2D eigenvalue weighted by atomic mass is 10.0. The molecule has 1 heterocycles. The van der Waals surface area contributed by atoms with Crippen LogP contribution in [-0.4, -0.2) is 54.0 Å². The third-order valence-corrected chi connectivity index (χ3v) is 4.50. The van der Waals surface area contributed by atoms with Crippen LogP contribution in [0, 0.1) is 0 Å². The molecule has 0 saturated carbocycles. The Hall–Kier alpha value is -2.04. The minimum absolute atomic E-state index is 0.0304. The molecule has 2 aromatic rings. The van der Waals surface area contributed by atoms with Crippen LogP contribution in [0.5, 0.6) is 5.75 Å². The second kappa shape index (κ2) is 6.60. The number of carbonyl (C=O) groups excluding carboxylic acids is 1. The average molecular weight is 331 g/mol. The maximum Gasteiger partial charge on any atom is 0.257 e. The van der Waals surface area contributed by atoms with Gasteiger partial charge in [0.05, 0.1) is 5.56 Å². The number of hydrogen-bond donors (Lipinski definition) is 1. The van der Waals surface area contributed by atoms with Gasteiger partial charge in [-0.05, 0) is 24.7 Å². The van der Waals surface area contributed by atoms with Crippen molar-refractivity contribution in [2.24, 2.45) is 0 Å². The topological polar surface area (TPSA) is 43.8 Å². The van der Waals surface area contributed by atoms with E-state index in [-0.39, 0.29) is 17.2 Å². The van der Waals surface area contributed by atoms with Crippen LogP contribution in [0.3, 0.4) is 0 Å². The molecule has 1 aliphatic rings. The Labute approximate surface area is 140 Å². The van der Waals surface area contributed by atoms with Crippen LogP contribution in [0.15, 0.2) is 42.5 Å². The van der Waals surface area contributed by atoms with Crippen molar-refractivity contribution in [3.63, 3.8) is 0 Å². The van der Waals surface area contributed by atoms with Crippen molar-refractivity contribution in [3.05, 3.63) is 53.1 Å². The molecule has 3 rings (SSSR count). The van der Waals surface area contributed by atoms with Gasteiger partial charge in [-0.3, -0.25) is 4.79 Å². The lowest BCUT2D eigenvalue weighted by Gasteiger charge is -2.32. The van der Waals surface area contributed by atoms with Gasteiger partial charge in [0.1, 0.15) is 5.75 Å². The highest BCUT2D eigenvalue weighted by Gasteiger charge is 2.23. The van der Waals surface area contributed by atoms with E-state index in [1.54, 1.807) is 17.0 Å². The maximum absolute atomic E-state index is 12.6. The largest absolute Gasteiger partial charge is 0.507 e. The van der Waals surface area contributed by atoms with Gasteiger partial charge in [-0.1, -0.05) is 41.9 Å². The summed E-state index contributed by atoms with van der Waals surface area (Å²) in [5, 5.41) is 10.8. The van der Waals surface area contributed by atoms with E-state index in [1.807, 2.05) is 37.4 Å². The standard InChI is InChI=1S/C18H19ClN2O2/c1-20-7-9-21(10-8-20)18(23)15-11-16(19)14(12-17(15)22)13-5-3-2-4-6-13/h2-6,11-12,22H,7-10H2,1H3. The summed E-state index contributed by atoms with van der Waals surface area (Å²) in [6.07, 6.45) is 0. The number of aromatic hydroxyl groups is 1. The van der Waals surface area contributed by atoms with Gasteiger partial charge in [0, 0.05) is 36.8 Å². The minimum atomic E-state index is -0.169. The number of nitrogens with zero attached hydrogens (tertiary/aromatic N) is 2. The smallest absolute Gasteiger partial charge is 0.257 e. The monoisotopic (exact) mass is 330 g/mol. The molecule has 0 unspecified atom stereocenters. The Morgan fingerprint density at radius 1 is 1.09 bits per heavy atom. The van der Waals surface area contributed by atoms with E-state index >= 15 is 0 Å². The van der Waals surface area contributed by atoms with E-state index < -0.39 is 0 Å². The number of phenols is 1. The van der Waals surface area contributed by atoms with Gasteiger partial charge < -0.3 is 14.9 Å². The summed E-state index contributed by atoms with van der Waals surface area (Å²) in [4.78, 5) is 16.5. The first-order chi connectivity index (χ1) is 11.1. The summed E-state index contributed by atoms with van der Waals surface area (Å²) in [5.74, 6) is -0.200. The number of rotatable bonds is 2. The average Bonchev–Trinajstić information content (AvgIpc) is 2.57. The van der Waals surface area contributed by atoms with Gasteiger partial charge in [0.2, 0.25) is 0 Å². The normalized spacial score (nSPS) is 15.7. The molecule has 1 amide bonds. The Kier molecular flexibility index (Phi) is 4.55. The number of piperazine rings is 1. The first-order valence-electron chi connectivity index (χ1n) is 7.62. The second-order valence-corrected chi connectivity index (χ2v) is 6.22.